The number of fused-ring (bicyclic) bond motifs is 1. The van der Waals surface area contributed by atoms with Gasteiger partial charge in [0.15, 0.2) is 0 Å². The first kappa shape index (κ1) is 15.8. The Morgan fingerprint density at radius 3 is 2.52 bits per heavy atom. The summed E-state index contributed by atoms with van der Waals surface area (Å²) in [7, 11) is 0. The molecule has 2 rings (SSSR count). The maximum atomic E-state index is 12.7. The van der Waals surface area contributed by atoms with Crippen molar-refractivity contribution in [2.24, 2.45) is 11.7 Å². The van der Waals surface area contributed by atoms with Gasteiger partial charge in [0.2, 0.25) is 5.91 Å². The Balaban J connectivity index is 2.14. The Kier molecular flexibility index (Phi) is 4.27. The molecule has 6 heteroatoms. The zero-order valence-corrected chi connectivity index (χ0v) is 12.1. The van der Waals surface area contributed by atoms with Gasteiger partial charge in [-0.15, -0.1) is 0 Å². The highest BCUT2D eigenvalue weighted by molar-refractivity contribution is 5.82. The van der Waals surface area contributed by atoms with Gasteiger partial charge in [-0.25, -0.2) is 0 Å². The topological polar surface area (TPSA) is 46.3 Å². The minimum absolute atomic E-state index is 0.0481. The van der Waals surface area contributed by atoms with E-state index in [1.54, 1.807) is 0 Å². The van der Waals surface area contributed by atoms with Crippen LogP contribution in [0, 0.1) is 5.92 Å². The van der Waals surface area contributed by atoms with Crippen LogP contribution in [-0.4, -0.2) is 16.8 Å². The fourth-order valence-electron chi connectivity index (χ4n) is 2.43. The van der Waals surface area contributed by atoms with Crippen LogP contribution in [-0.2, 0) is 24.1 Å². The van der Waals surface area contributed by atoms with Gasteiger partial charge >= 0.3 is 6.18 Å². The third-order valence-corrected chi connectivity index (χ3v) is 4.11. The van der Waals surface area contributed by atoms with Gasteiger partial charge in [-0.2, -0.15) is 13.2 Å². The molecule has 1 aliphatic rings. The number of halogens is 3. The van der Waals surface area contributed by atoms with Crippen molar-refractivity contribution in [3.63, 3.8) is 0 Å². The van der Waals surface area contributed by atoms with Crippen molar-refractivity contribution < 1.29 is 18.0 Å². The van der Waals surface area contributed by atoms with Crippen LogP contribution in [0.25, 0.3) is 0 Å². The summed E-state index contributed by atoms with van der Waals surface area (Å²) in [4.78, 5) is 13.8. The van der Waals surface area contributed by atoms with E-state index in [4.69, 9.17) is 5.73 Å². The predicted molar refractivity (Wildman–Crippen MR) is 73.1 cm³/mol. The average Bonchev–Trinajstić information content (AvgIpc) is 2.86. The van der Waals surface area contributed by atoms with Crippen molar-refractivity contribution in [1.82, 2.24) is 4.90 Å². The molecule has 1 amide bonds. The molecule has 0 bridgehead atoms. The molecule has 1 aromatic rings. The van der Waals surface area contributed by atoms with Gasteiger partial charge in [-0.05, 0) is 29.2 Å². The highest BCUT2D eigenvalue weighted by atomic mass is 19.4. The third kappa shape index (κ3) is 3.20. The number of hydrogen-bond acceptors (Lipinski definition) is 2. The number of benzene rings is 1. The molecule has 0 unspecified atom stereocenters. The zero-order chi connectivity index (χ0) is 15.8. The second-order valence-electron chi connectivity index (χ2n) is 5.59. The van der Waals surface area contributed by atoms with Crippen molar-refractivity contribution >= 4 is 5.91 Å². The highest BCUT2D eigenvalue weighted by Gasteiger charge is 2.34. The van der Waals surface area contributed by atoms with E-state index in [0.717, 1.165) is 24.1 Å². The molecule has 116 valence electrons. The molecule has 0 fully saturated rings. The number of carbonyl (C=O) groups excluding carboxylic acids is 1. The Labute approximate surface area is 121 Å². The first-order valence-electron chi connectivity index (χ1n) is 6.97. The predicted octanol–water partition coefficient (Wildman–Crippen LogP) is 2.92. The van der Waals surface area contributed by atoms with Crippen molar-refractivity contribution in [2.45, 2.75) is 45.6 Å². The molecule has 1 aromatic carbocycles. The van der Waals surface area contributed by atoms with Crippen LogP contribution in [0.15, 0.2) is 18.2 Å². The van der Waals surface area contributed by atoms with Gasteiger partial charge in [0, 0.05) is 13.1 Å². The van der Waals surface area contributed by atoms with E-state index >= 15 is 0 Å². The summed E-state index contributed by atoms with van der Waals surface area (Å²) >= 11 is 0. The van der Waals surface area contributed by atoms with E-state index in [0.29, 0.717) is 12.1 Å². The van der Waals surface area contributed by atoms with E-state index in [1.165, 1.54) is 11.0 Å². The number of carbonyl (C=O) groups is 1. The number of nitrogens with two attached hydrogens (primary N) is 1. The highest BCUT2D eigenvalue weighted by Crippen LogP contribution is 2.33. The van der Waals surface area contributed by atoms with E-state index < -0.39 is 17.8 Å². The molecule has 21 heavy (non-hydrogen) atoms. The van der Waals surface area contributed by atoms with Crippen molar-refractivity contribution in [2.75, 3.05) is 0 Å². The van der Waals surface area contributed by atoms with Crippen LogP contribution in [0.1, 0.15) is 37.0 Å². The van der Waals surface area contributed by atoms with Gasteiger partial charge in [0.25, 0.3) is 0 Å². The minimum Gasteiger partial charge on any atom is -0.333 e. The van der Waals surface area contributed by atoms with Crippen LogP contribution in [0.5, 0.6) is 0 Å². The molecule has 1 heterocycles. The molecule has 0 aliphatic carbocycles. The SMILES string of the molecule is CC[C@H](C)[C@H](N)C(=O)N1Cc2ccc(C(F)(F)F)cc2C1. The van der Waals surface area contributed by atoms with Crippen LogP contribution < -0.4 is 5.73 Å². The van der Waals surface area contributed by atoms with Crippen LogP contribution in [0.3, 0.4) is 0 Å². The zero-order valence-electron chi connectivity index (χ0n) is 12.1. The fraction of sp³-hybridized carbons (Fsp3) is 0.533. The molecule has 2 atom stereocenters. The summed E-state index contributed by atoms with van der Waals surface area (Å²) in [5.74, 6) is -0.152. The van der Waals surface area contributed by atoms with E-state index in [2.05, 4.69) is 0 Å². The Bertz CT molecular complexity index is 542. The second kappa shape index (κ2) is 5.67. The average molecular weight is 300 g/mol. The summed E-state index contributed by atoms with van der Waals surface area (Å²) in [6.07, 6.45) is -3.58. The summed E-state index contributed by atoms with van der Waals surface area (Å²) in [5.41, 5.74) is 6.54. The number of rotatable bonds is 3. The molecular weight excluding hydrogens is 281 g/mol. The van der Waals surface area contributed by atoms with Crippen molar-refractivity contribution in [1.29, 1.82) is 0 Å². The largest absolute Gasteiger partial charge is 0.416 e. The Hall–Kier alpha value is -1.56. The molecule has 0 saturated heterocycles. The minimum atomic E-state index is -4.36. The number of alkyl halides is 3. The van der Waals surface area contributed by atoms with Crippen LogP contribution >= 0.6 is 0 Å². The maximum Gasteiger partial charge on any atom is 0.416 e. The van der Waals surface area contributed by atoms with Crippen molar-refractivity contribution in [3.8, 4) is 0 Å². The lowest BCUT2D eigenvalue weighted by Crippen LogP contribution is -2.44. The molecule has 0 radical (unpaired) electrons. The maximum absolute atomic E-state index is 12.7. The van der Waals surface area contributed by atoms with Crippen LogP contribution in [0.2, 0.25) is 0 Å². The second-order valence-corrected chi connectivity index (χ2v) is 5.59. The molecular formula is C15H19F3N2O. The molecule has 1 aliphatic heterocycles. The lowest BCUT2D eigenvalue weighted by Gasteiger charge is -2.23. The smallest absolute Gasteiger partial charge is 0.333 e. The summed E-state index contributed by atoms with van der Waals surface area (Å²) < 4.78 is 38.1. The molecule has 0 saturated carbocycles. The van der Waals surface area contributed by atoms with Gasteiger partial charge in [-0.3, -0.25) is 4.79 Å². The lowest BCUT2D eigenvalue weighted by atomic mass is 9.99. The van der Waals surface area contributed by atoms with E-state index in [-0.39, 0.29) is 18.4 Å². The van der Waals surface area contributed by atoms with Gasteiger partial charge in [0.05, 0.1) is 11.6 Å². The number of amides is 1. The first-order chi connectivity index (χ1) is 9.74. The monoisotopic (exact) mass is 300 g/mol. The normalized spacial score (nSPS) is 17.5. The van der Waals surface area contributed by atoms with Crippen LogP contribution in [0.4, 0.5) is 13.2 Å². The standard InChI is InChI=1S/C15H19F3N2O/c1-3-9(2)13(19)14(21)20-7-10-4-5-12(15(16,17)18)6-11(10)8-20/h4-6,9,13H,3,7-8,19H2,1-2H3/t9-,13-/m0/s1. The fourth-order valence-corrected chi connectivity index (χ4v) is 2.43. The molecule has 2 N–H and O–H groups in total. The van der Waals surface area contributed by atoms with Gasteiger partial charge < -0.3 is 10.6 Å². The molecule has 0 aromatic heterocycles. The summed E-state index contributed by atoms with van der Waals surface area (Å²) in [6, 6.07) is 3.02. The summed E-state index contributed by atoms with van der Waals surface area (Å²) in [5, 5.41) is 0. The third-order valence-electron chi connectivity index (χ3n) is 4.11. The summed E-state index contributed by atoms with van der Waals surface area (Å²) in [6.45, 7) is 4.37. The Morgan fingerprint density at radius 2 is 1.95 bits per heavy atom. The Morgan fingerprint density at radius 1 is 1.33 bits per heavy atom. The number of hydrogen-bond donors (Lipinski definition) is 1. The van der Waals surface area contributed by atoms with Gasteiger partial charge in [-0.1, -0.05) is 26.3 Å². The quantitative estimate of drug-likeness (QED) is 0.933. The molecule has 3 nitrogen and oxygen atoms in total. The molecule has 0 spiro atoms. The lowest BCUT2D eigenvalue weighted by molar-refractivity contribution is -0.137. The first-order valence-corrected chi connectivity index (χ1v) is 6.97. The van der Waals surface area contributed by atoms with Gasteiger partial charge in [0.1, 0.15) is 0 Å². The van der Waals surface area contributed by atoms with E-state index in [9.17, 15) is 18.0 Å². The van der Waals surface area contributed by atoms with E-state index in [1.807, 2.05) is 13.8 Å². The van der Waals surface area contributed by atoms with Crippen molar-refractivity contribution in [3.05, 3.63) is 34.9 Å². The number of nitrogens with zero attached hydrogens (tertiary/aromatic N) is 1.